The molecule has 0 spiro atoms. The molecule has 2 aliphatic heterocycles. The second-order valence-electron chi connectivity index (χ2n) is 5.35. The molecule has 2 aliphatic rings. The third-order valence-electron chi connectivity index (χ3n) is 3.82. The molecule has 2 heterocycles. The van der Waals surface area contributed by atoms with E-state index < -0.39 is 42.3 Å². The minimum absolute atomic E-state index is 0.150. The van der Waals surface area contributed by atoms with Gasteiger partial charge in [-0.3, -0.25) is 29.3 Å². The highest BCUT2D eigenvalue weighted by Gasteiger charge is 2.41. The van der Waals surface area contributed by atoms with Crippen LogP contribution in [-0.2, 0) is 19.2 Å². The lowest BCUT2D eigenvalue weighted by molar-refractivity contribution is -0.145. The number of rotatable bonds is 5. The van der Waals surface area contributed by atoms with E-state index in [1.807, 2.05) is 0 Å². The summed E-state index contributed by atoms with van der Waals surface area (Å²) in [5.74, 6) is -2.68. The van der Waals surface area contributed by atoms with Crippen LogP contribution in [0.25, 0.3) is 0 Å². The van der Waals surface area contributed by atoms with Gasteiger partial charge in [0, 0.05) is 6.04 Å². The van der Waals surface area contributed by atoms with Crippen molar-refractivity contribution < 1.29 is 24.4 Å². The van der Waals surface area contributed by atoms with Gasteiger partial charge in [0.15, 0.2) is 0 Å². The van der Waals surface area contributed by atoms with E-state index in [9.17, 15) is 19.2 Å². The molecule has 0 bridgehead atoms. The Bertz CT molecular complexity index is 490. The van der Waals surface area contributed by atoms with Gasteiger partial charge in [-0.25, -0.2) is 5.48 Å². The van der Waals surface area contributed by atoms with E-state index in [0.717, 1.165) is 19.4 Å². The van der Waals surface area contributed by atoms with E-state index in [0.29, 0.717) is 4.90 Å². The Kier molecular flexibility index (Phi) is 5.06. The van der Waals surface area contributed by atoms with Crippen LogP contribution in [0.1, 0.15) is 19.3 Å². The second-order valence-corrected chi connectivity index (χ2v) is 5.35. The van der Waals surface area contributed by atoms with Gasteiger partial charge in [-0.1, -0.05) is 0 Å². The molecule has 0 aromatic rings. The monoisotopic (exact) mass is 313 g/mol. The molecule has 2 rings (SSSR count). The summed E-state index contributed by atoms with van der Waals surface area (Å²) < 4.78 is 0. The van der Waals surface area contributed by atoms with Crippen LogP contribution < -0.4 is 21.8 Å². The van der Waals surface area contributed by atoms with Crippen molar-refractivity contribution in [2.45, 2.75) is 37.4 Å². The summed E-state index contributed by atoms with van der Waals surface area (Å²) >= 11 is 0. The summed E-state index contributed by atoms with van der Waals surface area (Å²) in [6.07, 6.45) is 1.47. The molecule has 3 atom stereocenters. The number of nitrogens with two attached hydrogens (primary N) is 1. The van der Waals surface area contributed by atoms with Crippen LogP contribution in [0.3, 0.4) is 0 Å². The Balaban J connectivity index is 1.92. The first kappa shape index (κ1) is 16.3. The molecule has 0 aromatic heterocycles. The largest absolute Gasteiger partial charge is 0.342 e. The normalized spacial score (nSPS) is 26.2. The van der Waals surface area contributed by atoms with E-state index in [1.54, 1.807) is 0 Å². The number of nitrogens with one attached hydrogen (secondary N) is 3. The number of imide groups is 1. The maximum atomic E-state index is 12.0. The first-order valence-electron chi connectivity index (χ1n) is 7.00. The molecule has 0 aromatic carbocycles. The summed E-state index contributed by atoms with van der Waals surface area (Å²) in [5.41, 5.74) is 7.18. The van der Waals surface area contributed by atoms with E-state index in [4.69, 9.17) is 10.9 Å². The van der Waals surface area contributed by atoms with Crippen LogP contribution in [0.2, 0.25) is 0 Å². The van der Waals surface area contributed by atoms with Gasteiger partial charge in [-0.05, 0) is 19.4 Å². The number of amides is 4. The fraction of sp³-hybridized carbons (Fsp3) is 0.667. The van der Waals surface area contributed by atoms with Gasteiger partial charge in [-0.15, -0.1) is 0 Å². The average Bonchev–Trinajstić information content (AvgIpc) is 3.11. The van der Waals surface area contributed by atoms with Gasteiger partial charge < -0.3 is 16.4 Å². The third kappa shape index (κ3) is 3.40. The predicted octanol–water partition coefficient (Wildman–Crippen LogP) is -3.19. The number of carbonyl (C=O) groups excluding carboxylic acids is 4. The molecule has 22 heavy (non-hydrogen) atoms. The Hall–Kier alpha value is -2.04. The summed E-state index contributed by atoms with van der Waals surface area (Å²) in [5, 5.41) is 14.0. The van der Waals surface area contributed by atoms with Gasteiger partial charge in [0.05, 0.1) is 12.5 Å². The standard InChI is InChI=1S/C12H19N5O5/c13-10(6-2-1-3-14-6)11(20)15-7-4-9(19)17(12(7)21)5-8(18)16-22/h6-7,10,14,22H,1-5,13H2,(H,15,20)(H,16,18)/t6?,7-,10-/m0/s1. The number of nitrogens with zero attached hydrogens (tertiary/aromatic N) is 1. The van der Waals surface area contributed by atoms with Crippen LogP contribution in [0.5, 0.6) is 0 Å². The van der Waals surface area contributed by atoms with E-state index in [2.05, 4.69) is 10.6 Å². The van der Waals surface area contributed by atoms with Crippen molar-refractivity contribution in [3.8, 4) is 0 Å². The van der Waals surface area contributed by atoms with Crippen LogP contribution >= 0.6 is 0 Å². The Morgan fingerprint density at radius 1 is 1.45 bits per heavy atom. The summed E-state index contributed by atoms with van der Waals surface area (Å²) in [7, 11) is 0. The fourth-order valence-corrected chi connectivity index (χ4v) is 2.61. The van der Waals surface area contributed by atoms with Crippen molar-refractivity contribution in [2.24, 2.45) is 5.73 Å². The van der Waals surface area contributed by atoms with E-state index in [1.165, 1.54) is 5.48 Å². The number of hydrogen-bond donors (Lipinski definition) is 5. The number of likely N-dealkylation sites (tertiary alicyclic amines) is 1. The molecule has 0 aliphatic carbocycles. The van der Waals surface area contributed by atoms with Gasteiger partial charge in [-0.2, -0.15) is 0 Å². The van der Waals surface area contributed by atoms with Crippen molar-refractivity contribution in [2.75, 3.05) is 13.1 Å². The molecule has 2 fully saturated rings. The van der Waals surface area contributed by atoms with Crippen molar-refractivity contribution in [3.05, 3.63) is 0 Å². The summed E-state index contributed by atoms with van der Waals surface area (Å²) in [6.45, 7) is 0.202. The first-order chi connectivity index (χ1) is 10.4. The summed E-state index contributed by atoms with van der Waals surface area (Å²) in [4.78, 5) is 47.5. The number of hydroxylamine groups is 1. The Morgan fingerprint density at radius 3 is 2.77 bits per heavy atom. The minimum Gasteiger partial charge on any atom is -0.342 e. The van der Waals surface area contributed by atoms with Crippen molar-refractivity contribution in [3.63, 3.8) is 0 Å². The van der Waals surface area contributed by atoms with E-state index in [-0.39, 0.29) is 12.5 Å². The lowest BCUT2D eigenvalue weighted by Gasteiger charge is -2.20. The van der Waals surface area contributed by atoms with E-state index >= 15 is 0 Å². The maximum absolute atomic E-state index is 12.0. The third-order valence-corrected chi connectivity index (χ3v) is 3.82. The molecule has 0 saturated carbocycles. The Labute approximate surface area is 126 Å². The maximum Gasteiger partial charge on any atom is 0.263 e. The van der Waals surface area contributed by atoms with Crippen molar-refractivity contribution in [1.29, 1.82) is 0 Å². The molecule has 4 amide bonds. The van der Waals surface area contributed by atoms with Crippen molar-refractivity contribution in [1.82, 2.24) is 21.0 Å². The summed E-state index contributed by atoms with van der Waals surface area (Å²) in [6, 6.07) is -1.98. The first-order valence-corrected chi connectivity index (χ1v) is 7.00. The van der Waals surface area contributed by atoms with Gasteiger partial charge in [0.1, 0.15) is 12.6 Å². The number of hydrogen-bond acceptors (Lipinski definition) is 7. The molecule has 1 unspecified atom stereocenters. The van der Waals surface area contributed by atoms with Crippen LogP contribution in [0, 0.1) is 0 Å². The minimum atomic E-state index is -1.03. The van der Waals surface area contributed by atoms with Crippen LogP contribution in [0.15, 0.2) is 0 Å². The molecule has 122 valence electrons. The smallest absolute Gasteiger partial charge is 0.263 e. The molecular formula is C12H19N5O5. The predicted molar refractivity (Wildman–Crippen MR) is 72.2 cm³/mol. The lowest BCUT2D eigenvalue weighted by Crippen LogP contribution is -2.55. The van der Waals surface area contributed by atoms with Crippen LogP contribution in [0.4, 0.5) is 0 Å². The lowest BCUT2D eigenvalue weighted by atomic mass is 10.1. The second kappa shape index (κ2) is 6.81. The fourth-order valence-electron chi connectivity index (χ4n) is 2.61. The molecule has 10 nitrogen and oxygen atoms in total. The zero-order valence-electron chi connectivity index (χ0n) is 11.9. The van der Waals surface area contributed by atoms with Gasteiger partial charge >= 0.3 is 0 Å². The molecule has 6 N–H and O–H groups in total. The Morgan fingerprint density at radius 2 is 2.18 bits per heavy atom. The van der Waals surface area contributed by atoms with Gasteiger partial charge in [0.25, 0.3) is 11.8 Å². The molecule has 10 heteroatoms. The highest BCUT2D eigenvalue weighted by molar-refractivity contribution is 6.09. The average molecular weight is 313 g/mol. The highest BCUT2D eigenvalue weighted by Crippen LogP contribution is 2.14. The zero-order chi connectivity index (χ0) is 16.3. The van der Waals surface area contributed by atoms with Crippen LogP contribution in [-0.4, -0.2) is 65.0 Å². The van der Waals surface area contributed by atoms with Crippen molar-refractivity contribution >= 4 is 23.6 Å². The highest BCUT2D eigenvalue weighted by atomic mass is 16.5. The molecular weight excluding hydrogens is 294 g/mol. The number of carbonyl (C=O) groups is 4. The quantitative estimate of drug-likeness (QED) is 0.204. The molecule has 0 radical (unpaired) electrons. The zero-order valence-corrected chi connectivity index (χ0v) is 11.9. The molecule has 2 saturated heterocycles. The van der Waals surface area contributed by atoms with Gasteiger partial charge in [0.2, 0.25) is 11.8 Å². The topological polar surface area (TPSA) is 154 Å². The SMILES string of the molecule is N[C@H](C(=O)N[C@H]1CC(=O)N(CC(=O)NO)C1=O)C1CCCN1.